The van der Waals surface area contributed by atoms with E-state index < -0.39 is 0 Å². The number of hydrogen-bond acceptors (Lipinski definition) is 4. The molecule has 0 aromatic carbocycles. The first kappa shape index (κ1) is 11.4. The lowest BCUT2D eigenvalue weighted by molar-refractivity contribution is 0.538. The highest BCUT2D eigenvalue weighted by Gasteiger charge is 2.08. The number of nitrogens with zero attached hydrogens (tertiary/aromatic N) is 1. The van der Waals surface area contributed by atoms with E-state index in [4.69, 9.17) is 4.42 Å². The lowest BCUT2D eigenvalue weighted by atomic mass is 10.2. The Morgan fingerprint density at radius 2 is 2.31 bits per heavy atom. The Morgan fingerprint density at radius 3 is 2.88 bits per heavy atom. The molecule has 0 amide bonds. The quantitative estimate of drug-likeness (QED) is 0.885. The molecule has 0 bridgehead atoms. The molecule has 86 valence electrons. The van der Waals surface area contributed by atoms with Crippen molar-refractivity contribution in [3.05, 3.63) is 39.7 Å². The number of thiazole rings is 1. The van der Waals surface area contributed by atoms with E-state index in [1.807, 2.05) is 6.07 Å². The maximum Gasteiger partial charge on any atom is 0.107 e. The maximum atomic E-state index is 5.06. The van der Waals surface area contributed by atoms with Crippen molar-refractivity contribution in [3.8, 4) is 0 Å². The lowest BCUT2D eigenvalue weighted by Gasteiger charge is -2.09. The molecular weight excluding hydrogens is 220 g/mol. The number of hydrogen-bond donors (Lipinski definition) is 1. The molecule has 2 aromatic rings. The molecule has 3 nitrogen and oxygen atoms in total. The van der Waals surface area contributed by atoms with E-state index in [9.17, 15) is 0 Å². The van der Waals surface area contributed by atoms with Gasteiger partial charge < -0.3 is 9.73 Å². The first-order valence-electron chi connectivity index (χ1n) is 5.35. The van der Waals surface area contributed by atoms with Crippen LogP contribution in [0.1, 0.15) is 34.1 Å². The third-order valence-corrected chi connectivity index (χ3v) is 3.75. The first-order chi connectivity index (χ1) is 7.66. The Kier molecular flexibility index (Phi) is 3.41. The molecule has 2 rings (SSSR count). The molecule has 2 heterocycles. The normalized spacial score (nSPS) is 12.9. The van der Waals surface area contributed by atoms with Gasteiger partial charge in [-0.3, -0.25) is 0 Å². The van der Waals surface area contributed by atoms with E-state index in [2.05, 4.69) is 31.1 Å². The highest BCUT2D eigenvalue weighted by atomic mass is 32.1. The SMILES string of the molecule is Cc1nc(CNC(C)c2ccoc2)sc1C. The van der Waals surface area contributed by atoms with Crippen LogP contribution in [-0.4, -0.2) is 4.98 Å². The van der Waals surface area contributed by atoms with Gasteiger partial charge in [0.2, 0.25) is 0 Å². The van der Waals surface area contributed by atoms with Gasteiger partial charge in [-0.2, -0.15) is 0 Å². The highest BCUT2D eigenvalue weighted by Crippen LogP contribution is 2.18. The fourth-order valence-electron chi connectivity index (χ4n) is 1.49. The van der Waals surface area contributed by atoms with Crippen LogP contribution in [0.3, 0.4) is 0 Å². The first-order valence-corrected chi connectivity index (χ1v) is 6.17. The van der Waals surface area contributed by atoms with E-state index in [0.717, 1.165) is 17.2 Å². The van der Waals surface area contributed by atoms with Crippen LogP contribution in [0.4, 0.5) is 0 Å². The third-order valence-electron chi connectivity index (χ3n) is 2.68. The molecule has 0 fully saturated rings. The monoisotopic (exact) mass is 236 g/mol. The van der Waals surface area contributed by atoms with Gasteiger partial charge in [-0.05, 0) is 26.8 Å². The number of aryl methyl sites for hydroxylation is 2. The van der Waals surface area contributed by atoms with Crippen molar-refractivity contribution in [3.63, 3.8) is 0 Å². The molecule has 1 unspecified atom stereocenters. The van der Waals surface area contributed by atoms with E-state index in [1.54, 1.807) is 23.9 Å². The summed E-state index contributed by atoms with van der Waals surface area (Å²) >= 11 is 1.76. The van der Waals surface area contributed by atoms with Crippen LogP contribution in [-0.2, 0) is 6.54 Å². The van der Waals surface area contributed by atoms with Gasteiger partial charge in [0, 0.05) is 23.0 Å². The molecule has 2 aromatic heterocycles. The summed E-state index contributed by atoms with van der Waals surface area (Å²) in [6.45, 7) is 7.09. The molecule has 0 aliphatic rings. The largest absolute Gasteiger partial charge is 0.472 e. The summed E-state index contributed by atoms with van der Waals surface area (Å²) < 4.78 is 5.06. The molecule has 1 atom stereocenters. The van der Waals surface area contributed by atoms with Crippen molar-refractivity contribution in [2.75, 3.05) is 0 Å². The molecule has 1 N–H and O–H groups in total. The minimum Gasteiger partial charge on any atom is -0.472 e. The van der Waals surface area contributed by atoms with Crippen molar-refractivity contribution in [1.29, 1.82) is 0 Å². The molecule has 0 spiro atoms. The van der Waals surface area contributed by atoms with Crippen LogP contribution in [0, 0.1) is 13.8 Å². The van der Waals surface area contributed by atoms with Crippen LogP contribution in [0.15, 0.2) is 23.0 Å². The Labute approximate surface area is 99.5 Å². The van der Waals surface area contributed by atoms with Crippen LogP contribution >= 0.6 is 11.3 Å². The summed E-state index contributed by atoms with van der Waals surface area (Å²) in [4.78, 5) is 5.79. The summed E-state index contributed by atoms with van der Waals surface area (Å²) in [7, 11) is 0. The molecule has 16 heavy (non-hydrogen) atoms. The smallest absolute Gasteiger partial charge is 0.107 e. The Morgan fingerprint density at radius 1 is 1.50 bits per heavy atom. The van der Waals surface area contributed by atoms with Gasteiger partial charge in [-0.25, -0.2) is 4.98 Å². The van der Waals surface area contributed by atoms with Gasteiger partial charge in [0.25, 0.3) is 0 Å². The van der Waals surface area contributed by atoms with Gasteiger partial charge in [-0.15, -0.1) is 11.3 Å². The summed E-state index contributed by atoms with van der Waals surface area (Å²) in [5, 5.41) is 4.57. The van der Waals surface area contributed by atoms with E-state index in [0.29, 0.717) is 6.04 Å². The minimum atomic E-state index is 0.295. The molecule has 0 aliphatic heterocycles. The highest BCUT2D eigenvalue weighted by molar-refractivity contribution is 7.11. The number of nitrogens with one attached hydrogen (secondary N) is 1. The lowest BCUT2D eigenvalue weighted by Crippen LogP contribution is -2.17. The Bertz CT molecular complexity index is 428. The second-order valence-electron chi connectivity index (χ2n) is 3.91. The van der Waals surface area contributed by atoms with Gasteiger partial charge in [-0.1, -0.05) is 0 Å². The van der Waals surface area contributed by atoms with Crippen molar-refractivity contribution in [1.82, 2.24) is 10.3 Å². The average Bonchev–Trinajstić information content (AvgIpc) is 2.86. The van der Waals surface area contributed by atoms with Gasteiger partial charge in [0.05, 0.1) is 18.2 Å². The molecule has 0 aliphatic carbocycles. The van der Waals surface area contributed by atoms with Crippen molar-refractivity contribution >= 4 is 11.3 Å². The summed E-state index contributed by atoms with van der Waals surface area (Å²) in [6.07, 6.45) is 3.47. The molecule has 0 saturated heterocycles. The van der Waals surface area contributed by atoms with Crippen LogP contribution in [0.25, 0.3) is 0 Å². The zero-order valence-electron chi connectivity index (χ0n) is 9.78. The second-order valence-corrected chi connectivity index (χ2v) is 5.20. The van der Waals surface area contributed by atoms with Crippen molar-refractivity contribution < 1.29 is 4.42 Å². The number of aromatic nitrogens is 1. The predicted molar refractivity (Wildman–Crippen MR) is 65.6 cm³/mol. The topological polar surface area (TPSA) is 38.1 Å². The number of furan rings is 1. The van der Waals surface area contributed by atoms with Crippen molar-refractivity contribution in [2.45, 2.75) is 33.4 Å². The van der Waals surface area contributed by atoms with Crippen LogP contribution < -0.4 is 5.32 Å². The Balaban J connectivity index is 1.92. The Hall–Kier alpha value is -1.13. The second kappa shape index (κ2) is 4.80. The van der Waals surface area contributed by atoms with Gasteiger partial charge in [0.1, 0.15) is 5.01 Å². The predicted octanol–water partition coefficient (Wildman–Crippen LogP) is 3.20. The molecule has 4 heteroatoms. The molecule has 0 saturated carbocycles. The van der Waals surface area contributed by atoms with Crippen LogP contribution in [0.2, 0.25) is 0 Å². The minimum absolute atomic E-state index is 0.295. The molecular formula is C12H16N2OS. The zero-order chi connectivity index (χ0) is 11.5. The summed E-state index contributed by atoms with van der Waals surface area (Å²) in [5.74, 6) is 0. The standard InChI is InChI=1S/C12H16N2OS/c1-8-10(3)16-12(14-8)6-13-9(2)11-4-5-15-7-11/h4-5,7,9,13H,6H2,1-3H3. The van der Waals surface area contributed by atoms with E-state index >= 15 is 0 Å². The van der Waals surface area contributed by atoms with Gasteiger partial charge in [0.15, 0.2) is 0 Å². The van der Waals surface area contributed by atoms with E-state index in [1.165, 1.54) is 10.4 Å². The fraction of sp³-hybridized carbons (Fsp3) is 0.417. The average molecular weight is 236 g/mol. The third kappa shape index (κ3) is 2.51. The zero-order valence-corrected chi connectivity index (χ0v) is 10.6. The van der Waals surface area contributed by atoms with Crippen LogP contribution in [0.5, 0.6) is 0 Å². The summed E-state index contributed by atoms with van der Waals surface area (Å²) in [6, 6.07) is 2.28. The number of rotatable bonds is 4. The fourth-order valence-corrected chi connectivity index (χ4v) is 2.38. The summed E-state index contributed by atoms with van der Waals surface area (Å²) in [5.41, 5.74) is 2.31. The molecule has 0 radical (unpaired) electrons. The maximum absolute atomic E-state index is 5.06. The van der Waals surface area contributed by atoms with Crippen molar-refractivity contribution in [2.24, 2.45) is 0 Å². The van der Waals surface area contributed by atoms with E-state index in [-0.39, 0.29) is 0 Å². The van der Waals surface area contributed by atoms with Gasteiger partial charge >= 0.3 is 0 Å².